The first-order valence-electron chi connectivity index (χ1n) is 7.39. The molecule has 0 saturated carbocycles. The molecule has 1 atom stereocenters. The van der Waals surface area contributed by atoms with Crippen LogP contribution in [-0.2, 0) is 4.79 Å². The van der Waals surface area contributed by atoms with E-state index in [9.17, 15) is 4.79 Å². The third-order valence-electron chi connectivity index (χ3n) is 3.40. The minimum atomic E-state index is -0.260. The lowest BCUT2D eigenvalue weighted by atomic mass is 10.3. The highest BCUT2D eigenvalue weighted by molar-refractivity contribution is 8.00. The highest BCUT2D eigenvalue weighted by atomic mass is 32.2. The molecule has 0 aliphatic rings. The van der Waals surface area contributed by atoms with Crippen molar-refractivity contribution in [2.45, 2.75) is 24.1 Å². The molecule has 0 aliphatic heterocycles. The first kappa shape index (κ1) is 15.5. The number of anilines is 1. The molecule has 0 saturated heterocycles. The zero-order valence-electron chi connectivity index (χ0n) is 13.0. The van der Waals surface area contributed by atoms with E-state index in [2.05, 4.69) is 15.3 Å². The van der Waals surface area contributed by atoms with Gasteiger partial charge in [-0.15, -0.1) is 0 Å². The van der Waals surface area contributed by atoms with E-state index in [1.807, 2.05) is 68.4 Å². The largest absolute Gasteiger partial charge is 0.325 e. The van der Waals surface area contributed by atoms with Crippen LogP contribution in [-0.4, -0.2) is 21.1 Å². The molecule has 1 heterocycles. The number of hydrogen-bond donors (Lipinski definition) is 1. The van der Waals surface area contributed by atoms with E-state index in [1.165, 1.54) is 11.8 Å². The molecule has 116 valence electrons. The van der Waals surface area contributed by atoms with E-state index in [1.54, 1.807) is 0 Å². The van der Waals surface area contributed by atoms with Crippen molar-refractivity contribution in [3.63, 3.8) is 0 Å². The van der Waals surface area contributed by atoms with Crippen LogP contribution in [0.15, 0.2) is 59.6 Å². The van der Waals surface area contributed by atoms with Crippen molar-refractivity contribution in [1.82, 2.24) is 9.97 Å². The number of para-hydroxylation sites is 3. The summed E-state index contributed by atoms with van der Waals surface area (Å²) in [6, 6.07) is 17.2. The predicted molar refractivity (Wildman–Crippen MR) is 94.7 cm³/mol. The Bertz CT molecular complexity index is 836. The van der Waals surface area contributed by atoms with E-state index < -0.39 is 0 Å². The molecule has 23 heavy (non-hydrogen) atoms. The average Bonchev–Trinajstić information content (AvgIpc) is 2.56. The fourth-order valence-corrected chi connectivity index (χ4v) is 3.04. The van der Waals surface area contributed by atoms with Gasteiger partial charge in [0.1, 0.15) is 5.03 Å². The van der Waals surface area contributed by atoms with Crippen LogP contribution in [0.1, 0.15) is 12.6 Å². The number of carbonyl (C=O) groups is 1. The summed E-state index contributed by atoms with van der Waals surface area (Å²) in [7, 11) is 0. The summed E-state index contributed by atoms with van der Waals surface area (Å²) in [4.78, 5) is 21.5. The summed E-state index contributed by atoms with van der Waals surface area (Å²) in [6.07, 6.45) is 0. The highest BCUT2D eigenvalue weighted by Crippen LogP contribution is 2.26. The third-order valence-corrected chi connectivity index (χ3v) is 4.58. The topological polar surface area (TPSA) is 54.9 Å². The zero-order valence-corrected chi connectivity index (χ0v) is 13.8. The Morgan fingerprint density at radius 3 is 2.30 bits per heavy atom. The summed E-state index contributed by atoms with van der Waals surface area (Å²) in [5.74, 6) is -0.0458. The Morgan fingerprint density at radius 2 is 1.61 bits per heavy atom. The Hall–Kier alpha value is -2.40. The molecule has 5 heteroatoms. The third kappa shape index (κ3) is 3.68. The maximum atomic E-state index is 12.3. The molecule has 3 rings (SSSR count). The zero-order chi connectivity index (χ0) is 16.2. The van der Waals surface area contributed by atoms with Gasteiger partial charge in [-0.05, 0) is 38.1 Å². The fourth-order valence-electron chi connectivity index (χ4n) is 2.17. The maximum absolute atomic E-state index is 12.3. The van der Waals surface area contributed by atoms with Crippen molar-refractivity contribution in [2.75, 3.05) is 5.32 Å². The molecule has 0 radical (unpaired) electrons. The summed E-state index contributed by atoms with van der Waals surface area (Å²) in [5, 5.41) is 3.44. The van der Waals surface area contributed by atoms with Crippen molar-refractivity contribution in [3.8, 4) is 0 Å². The summed E-state index contributed by atoms with van der Waals surface area (Å²) in [6.45, 7) is 3.79. The van der Waals surface area contributed by atoms with Gasteiger partial charge in [-0.25, -0.2) is 9.97 Å². The number of aryl methyl sites for hydroxylation is 1. The SMILES string of the molecule is Cc1nc2ccccc2nc1SC(C)C(=O)Nc1ccccc1. The van der Waals surface area contributed by atoms with Gasteiger partial charge in [0.2, 0.25) is 5.91 Å². The van der Waals surface area contributed by atoms with Gasteiger partial charge in [0.05, 0.1) is 22.0 Å². The Morgan fingerprint density at radius 1 is 1.00 bits per heavy atom. The van der Waals surface area contributed by atoms with Gasteiger partial charge >= 0.3 is 0 Å². The van der Waals surface area contributed by atoms with Crippen LogP contribution < -0.4 is 5.32 Å². The monoisotopic (exact) mass is 323 g/mol. The van der Waals surface area contributed by atoms with Gasteiger partial charge in [0.15, 0.2) is 0 Å². The fraction of sp³-hybridized carbons (Fsp3) is 0.167. The minimum absolute atomic E-state index is 0.0458. The molecule has 0 spiro atoms. The lowest BCUT2D eigenvalue weighted by Crippen LogP contribution is -2.22. The van der Waals surface area contributed by atoms with E-state index in [0.717, 1.165) is 27.4 Å². The molecule has 1 amide bonds. The normalized spacial score (nSPS) is 12.1. The second-order valence-corrected chi connectivity index (χ2v) is 6.55. The number of fused-ring (bicyclic) bond motifs is 1. The van der Waals surface area contributed by atoms with E-state index in [-0.39, 0.29) is 11.2 Å². The van der Waals surface area contributed by atoms with Crippen molar-refractivity contribution in [3.05, 3.63) is 60.3 Å². The number of nitrogens with zero attached hydrogens (tertiary/aromatic N) is 2. The van der Waals surface area contributed by atoms with Crippen LogP contribution in [0, 0.1) is 6.92 Å². The quantitative estimate of drug-likeness (QED) is 0.736. The van der Waals surface area contributed by atoms with Crippen molar-refractivity contribution in [2.24, 2.45) is 0 Å². The van der Waals surface area contributed by atoms with Crippen LogP contribution in [0.5, 0.6) is 0 Å². The van der Waals surface area contributed by atoms with Gasteiger partial charge in [0.25, 0.3) is 0 Å². The lowest BCUT2D eigenvalue weighted by Gasteiger charge is -2.13. The molecule has 0 aliphatic carbocycles. The number of thioether (sulfide) groups is 1. The summed E-state index contributed by atoms with van der Waals surface area (Å²) < 4.78 is 0. The number of nitrogens with one attached hydrogen (secondary N) is 1. The molecule has 0 fully saturated rings. The minimum Gasteiger partial charge on any atom is -0.325 e. The van der Waals surface area contributed by atoms with Gasteiger partial charge in [0, 0.05) is 5.69 Å². The molecule has 4 nitrogen and oxygen atoms in total. The number of hydrogen-bond acceptors (Lipinski definition) is 4. The van der Waals surface area contributed by atoms with Crippen LogP contribution in [0.2, 0.25) is 0 Å². The second-order valence-electron chi connectivity index (χ2n) is 5.22. The molecule has 0 bridgehead atoms. The first-order valence-corrected chi connectivity index (χ1v) is 8.27. The molecule has 1 N–H and O–H groups in total. The van der Waals surface area contributed by atoms with Crippen LogP contribution in [0.3, 0.4) is 0 Å². The van der Waals surface area contributed by atoms with E-state index in [0.29, 0.717) is 0 Å². The van der Waals surface area contributed by atoms with Crippen molar-refractivity contribution in [1.29, 1.82) is 0 Å². The maximum Gasteiger partial charge on any atom is 0.237 e. The van der Waals surface area contributed by atoms with Gasteiger partial charge < -0.3 is 5.32 Å². The highest BCUT2D eigenvalue weighted by Gasteiger charge is 2.17. The van der Waals surface area contributed by atoms with Gasteiger partial charge in [-0.1, -0.05) is 42.1 Å². The van der Waals surface area contributed by atoms with Gasteiger partial charge in [-0.2, -0.15) is 0 Å². The first-order chi connectivity index (χ1) is 11.1. The molecule has 1 aromatic heterocycles. The number of rotatable bonds is 4. The van der Waals surface area contributed by atoms with Crippen molar-refractivity contribution < 1.29 is 4.79 Å². The number of carbonyl (C=O) groups excluding carboxylic acids is 1. The second kappa shape index (κ2) is 6.79. The number of amides is 1. The Labute approximate surface area is 139 Å². The molecule has 2 aromatic carbocycles. The van der Waals surface area contributed by atoms with E-state index >= 15 is 0 Å². The van der Waals surface area contributed by atoms with Crippen LogP contribution in [0.25, 0.3) is 11.0 Å². The van der Waals surface area contributed by atoms with Gasteiger partial charge in [-0.3, -0.25) is 4.79 Å². The predicted octanol–water partition coefficient (Wildman–Crippen LogP) is 4.06. The lowest BCUT2D eigenvalue weighted by molar-refractivity contribution is -0.115. The molecular formula is C18H17N3OS. The Kier molecular flexibility index (Phi) is 4.57. The smallest absolute Gasteiger partial charge is 0.237 e. The molecule has 1 unspecified atom stereocenters. The Balaban J connectivity index is 1.75. The number of aromatic nitrogens is 2. The average molecular weight is 323 g/mol. The number of benzene rings is 2. The summed E-state index contributed by atoms with van der Waals surface area (Å²) in [5.41, 5.74) is 3.35. The van der Waals surface area contributed by atoms with Crippen LogP contribution >= 0.6 is 11.8 Å². The molecular weight excluding hydrogens is 306 g/mol. The van der Waals surface area contributed by atoms with Crippen molar-refractivity contribution >= 4 is 34.4 Å². The molecule has 3 aromatic rings. The summed E-state index contributed by atoms with van der Waals surface area (Å²) >= 11 is 1.43. The van der Waals surface area contributed by atoms with Crippen LogP contribution in [0.4, 0.5) is 5.69 Å². The standard InChI is InChI=1S/C18H17N3OS/c1-12-18(21-16-11-7-6-10-15(16)19-12)23-13(2)17(22)20-14-8-4-3-5-9-14/h3-11,13H,1-2H3,(H,20,22). The van der Waals surface area contributed by atoms with E-state index in [4.69, 9.17) is 0 Å².